The number of benzene rings is 1. The molecule has 0 fully saturated rings. The van der Waals surface area contributed by atoms with Gasteiger partial charge in [-0.25, -0.2) is 4.79 Å². The van der Waals surface area contributed by atoms with Crippen LogP contribution in [0, 0.1) is 0 Å². The van der Waals surface area contributed by atoms with E-state index in [0.717, 1.165) is 48.2 Å². The fourth-order valence-corrected chi connectivity index (χ4v) is 5.30. The summed E-state index contributed by atoms with van der Waals surface area (Å²) in [5.41, 5.74) is 2.91. The number of rotatable bonds is 8. The number of carbonyl (C=O) groups excluding carboxylic acids is 1. The van der Waals surface area contributed by atoms with Crippen LogP contribution in [-0.2, 0) is 24.0 Å². The molecule has 1 aliphatic carbocycles. The average Bonchev–Trinajstić information content (AvgIpc) is 2.93. The molecule has 0 amide bonds. The number of nitrogens with one attached hydrogen (secondary N) is 2. The number of thiophene rings is 1. The Labute approximate surface area is 193 Å². The van der Waals surface area contributed by atoms with Crippen molar-refractivity contribution in [3.63, 3.8) is 0 Å². The maximum absolute atomic E-state index is 12.7. The highest BCUT2D eigenvalue weighted by molar-refractivity contribution is 7.80. The fraction of sp³-hybridized carbons (Fsp3) is 0.478. The summed E-state index contributed by atoms with van der Waals surface area (Å²) < 4.78 is 16.0. The van der Waals surface area contributed by atoms with E-state index in [1.807, 2.05) is 25.1 Å². The summed E-state index contributed by atoms with van der Waals surface area (Å²) in [6.45, 7) is 2.84. The van der Waals surface area contributed by atoms with E-state index in [-0.39, 0.29) is 5.97 Å². The van der Waals surface area contributed by atoms with Gasteiger partial charge in [-0.2, -0.15) is 0 Å². The molecule has 2 aromatic rings. The Kier molecular flexibility index (Phi) is 8.54. The van der Waals surface area contributed by atoms with Crippen LogP contribution in [0.3, 0.4) is 0 Å². The molecule has 0 spiro atoms. The highest BCUT2D eigenvalue weighted by Gasteiger charge is 2.26. The lowest BCUT2D eigenvalue weighted by molar-refractivity contribution is 0.0527. The van der Waals surface area contributed by atoms with Crippen molar-refractivity contribution in [1.82, 2.24) is 5.32 Å². The summed E-state index contributed by atoms with van der Waals surface area (Å²) in [6, 6.07) is 5.87. The van der Waals surface area contributed by atoms with Crippen molar-refractivity contribution >= 4 is 39.6 Å². The number of fused-ring (bicyclic) bond motifs is 1. The van der Waals surface area contributed by atoms with Crippen LogP contribution in [0.2, 0.25) is 0 Å². The predicted molar refractivity (Wildman–Crippen MR) is 129 cm³/mol. The minimum Gasteiger partial charge on any atom is -0.493 e. The van der Waals surface area contributed by atoms with E-state index in [0.29, 0.717) is 35.3 Å². The third-order valence-corrected chi connectivity index (χ3v) is 6.73. The molecular weight excluding hydrogens is 432 g/mol. The first-order chi connectivity index (χ1) is 15.1. The average molecular weight is 463 g/mol. The number of anilines is 1. The van der Waals surface area contributed by atoms with Crippen molar-refractivity contribution < 1.29 is 19.0 Å². The summed E-state index contributed by atoms with van der Waals surface area (Å²) in [5.74, 6) is 1.15. The topological polar surface area (TPSA) is 68.8 Å². The van der Waals surface area contributed by atoms with Crippen LogP contribution in [0.5, 0.6) is 11.5 Å². The van der Waals surface area contributed by atoms with Crippen LogP contribution in [0.4, 0.5) is 5.00 Å². The lowest BCUT2D eigenvalue weighted by Crippen LogP contribution is -2.30. The van der Waals surface area contributed by atoms with Crippen LogP contribution in [0.1, 0.15) is 52.5 Å². The molecule has 0 radical (unpaired) electrons. The van der Waals surface area contributed by atoms with Crippen molar-refractivity contribution in [3.05, 3.63) is 39.8 Å². The molecule has 8 heteroatoms. The van der Waals surface area contributed by atoms with Crippen LogP contribution in [0.25, 0.3) is 0 Å². The molecule has 1 aromatic heterocycles. The number of thiocarbonyl (C=S) groups is 1. The summed E-state index contributed by atoms with van der Waals surface area (Å²) in [6.07, 6.45) is 6.15. The van der Waals surface area contributed by atoms with Gasteiger partial charge in [0.2, 0.25) is 0 Å². The molecule has 0 saturated carbocycles. The number of hydrogen-bond donors (Lipinski definition) is 2. The lowest BCUT2D eigenvalue weighted by atomic mass is 10.1. The Bertz CT molecular complexity index is 927. The highest BCUT2D eigenvalue weighted by Crippen LogP contribution is 2.38. The minimum atomic E-state index is -0.266. The second-order valence-corrected chi connectivity index (χ2v) is 8.82. The Morgan fingerprint density at radius 1 is 1.13 bits per heavy atom. The molecule has 2 N–H and O–H groups in total. The monoisotopic (exact) mass is 462 g/mol. The third kappa shape index (κ3) is 5.89. The smallest absolute Gasteiger partial charge is 0.341 e. The van der Waals surface area contributed by atoms with Crippen LogP contribution < -0.4 is 20.1 Å². The van der Waals surface area contributed by atoms with Gasteiger partial charge in [-0.1, -0.05) is 12.5 Å². The summed E-state index contributed by atoms with van der Waals surface area (Å²) in [7, 11) is 3.25. The van der Waals surface area contributed by atoms with Gasteiger partial charge in [0, 0.05) is 11.4 Å². The standard InChI is InChI=1S/C23H30N2O4S2/c1-4-29-22(26)20-16-8-6-5-7-9-19(16)31-21(20)25-23(30)24-13-12-15-10-11-17(27-2)18(14-15)28-3/h10-11,14H,4-9,12-13H2,1-3H3,(H2,24,25,30). The number of hydrogen-bond acceptors (Lipinski definition) is 6. The van der Waals surface area contributed by atoms with Crippen molar-refractivity contribution in [2.75, 3.05) is 32.7 Å². The van der Waals surface area contributed by atoms with Crippen molar-refractivity contribution in [2.45, 2.75) is 45.4 Å². The number of aryl methyl sites for hydroxylation is 1. The van der Waals surface area contributed by atoms with Gasteiger partial charge in [0.15, 0.2) is 16.6 Å². The van der Waals surface area contributed by atoms with E-state index in [2.05, 4.69) is 10.6 Å². The third-order valence-electron chi connectivity index (χ3n) is 5.28. The van der Waals surface area contributed by atoms with Gasteiger partial charge in [-0.15, -0.1) is 11.3 Å². The van der Waals surface area contributed by atoms with Gasteiger partial charge >= 0.3 is 5.97 Å². The van der Waals surface area contributed by atoms with E-state index in [4.69, 9.17) is 26.4 Å². The lowest BCUT2D eigenvalue weighted by Gasteiger charge is -2.13. The maximum atomic E-state index is 12.7. The first kappa shape index (κ1) is 23.3. The van der Waals surface area contributed by atoms with Crippen LogP contribution in [0.15, 0.2) is 18.2 Å². The maximum Gasteiger partial charge on any atom is 0.341 e. The molecule has 0 bridgehead atoms. The first-order valence-corrected chi connectivity index (χ1v) is 11.9. The molecule has 3 rings (SSSR count). The Morgan fingerprint density at radius 3 is 2.65 bits per heavy atom. The van der Waals surface area contributed by atoms with Crippen LogP contribution in [-0.4, -0.2) is 38.5 Å². The Balaban J connectivity index is 1.64. The molecule has 0 saturated heterocycles. The quantitative estimate of drug-likeness (QED) is 0.334. The Hall–Kier alpha value is -2.32. The van der Waals surface area contributed by atoms with Crippen molar-refractivity contribution in [2.24, 2.45) is 0 Å². The molecular formula is C23H30N2O4S2. The van der Waals surface area contributed by atoms with Crippen molar-refractivity contribution in [3.8, 4) is 11.5 Å². The minimum absolute atomic E-state index is 0.266. The van der Waals surface area contributed by atoms with E-state index in [1.54, 1.807) is 25.6 Å². The summed E-state index contributed by atoms with van der Waals surface area (Å²) in [5, 5.41) is 7.78. The van der Waals surface area contributed by atoms with E-state index in [1.165, 1.54) is 11.3 Å². The largest absolute Gasteiger partial charge is 0.493 e. The van der Waals surface area contributed by atoms with E-state index < -0.39 is 0 Å². The molecule has 168 valence electrons. The molecule has 0 aliphatic heterocycles. The molecule has 0 atom stereocenters. The molecule has 1 aromatic carbocycles. The SMILES string of the molecule is CCOC(=O)c1c(NC(=S)NCCc2ccc(OC)c(OC)c2)sc2c1CCCCC2. The van der Waals surface area contributed by atoms with Gasteiger partial charge in [0.25, 0.3) is 0 Å². The van der Waals surface area contributed by atoms with Gasteiger partial charge in [0.1, 0.15) is 5.00 Å². The molecule has 6 nitrogen and oxygen atoms in total. The normalized spacial score (nSPS) is 13.0. The van der Waals surface area contributed by atoms with E-state index >= 15 is 0 Å². The second kappa shape index (κ2) is 11.3. The van der Waals surface area contributed by atoms with Crippen molar-refractivity contribution in [1.29, 1.82) is 0 Å². The van der Waals surface area contributed by atoms with Gasteiger partial charge in [-0.05, 0) is 74.5 Å². The highest BCUT2D eigenvalue weighted by atomic mass is 32.1. The zero-order chi connectivity index (χ0) is 22.2. The fourth-order valence-electron chi connectivity index (χ4n) is 3.75. The summed E-state index contributed by atoms with van der Waals surface area (Å²) >= 11 is 7.13. The number of methoxy groups -OCH3 is 2. The van der Waals surface area contributed by atoms with Gasteiger partial charge in [-0.3, -0.25) is 0 Å². The zero-order valence-corrected chi connectivity index (χ0v) is 20.0. The predicted octanol–water partition coefficient (Wildman–Crippen LogP) is 4.74. The van der Waals surface area contributed by atoms with E-state index in [9.17, 15) is 4.79 Å². The van der Waals surface area contributed by atoms with Crippen LogP contribution >= 0.6 is 23.6 Å². The number of ether oxygens (including phenoxy) is 3. The summed E-state index contributed by atoms with van der Waals surface area (Å²) in [4.78, 5) is 13.9. The number of esters is 1. The van der Waals surface area contributed by atoms with Gasteiger partial charge < -0.3 is 24.8 Å². The number of carbonyl (C=O) groups is 1. The zero-order valence-electron chi connectivity index (χ0n) is 18.3. The first-order valence-electron chi connectivity index (χ1n) is 10.6. The second-order valence-electron chi connectivity index (χ2n) is 7.31. The molecule has 0 unspecified atom stereocenters. The molecule has 1 aliphatic rings. The molecule has 31 heavy (non-hydrogen) atoms. The van der Waals surface area contributed by atoms with Gasteiger partial charge in [0.05, 0.1) is 26.4 Å². The molecule has 1 heterocycles. The Morgan fingerprint density at radius 2 is 1.90 bits per heavy atom.